The van der Waals surface area contributed by atoms with Gasteiger partial charge in [-0.15, -0.1) is 0 Å². The molecule has 0 aliphatic heterocycles. The molecule has 1 amide bonds. The lowest BCUT2D eigenvalue weighted by atomic mass is 9.98. The standard InChI is InChI=1S/C19H14Cl2N2O/c20-15-10-8-14(9-11-15)17(13-5-2-1-3-6-13)23-19(24)16-7-4-12-22-18(16)21/h1-12,17H,(H,23,24). The van der Waals surface area contributed by atoms with Gasteiger partial charge in [-0.05, 0) is 35.4 Å². The molecule has 0 saturated carbocycles. The molecule has 0 aliphatic carbocycles. The fraction of sp³-hybridized carbons (Fsp3) is 0.0526. The first-order valence-electron chi connectivity index (χ1n) is 7.37. The Morgan fingerprint density at radius 2 is 1.54 bits per heavy atom. The topological polar surface area (TPSA) is 42.0 Å². The second-order valence-electron chi connectivity index (χ2n) is 5.21. The number of hydrogen-bond donors (Lipinski definition) is 1. The fourth-order valence-electron chi connectivity index (χ4n) is 2.42. The van der Waals surface area contributed by atoms with Gasteiger partial charge in [-0.2, -0.15) is 0 Å². The summed E-state index contributed by atoms with van der Waals surface area (Å²) in [6.45, 7) is 0. The lowest BCUT2D eigenvalue weighted by molar-refractivity contribution is 0.0943. The molecule has 0 radical (unpaired) electrons. The summed E-state index contributed by atoms with van der Waals surface area (Å²) in [5.74, 6) is -0.281. The van der Waals surface area contributed by atoms with E-state index in [0.717, 1.165) is 11.1 Å². The van der Waals surface area contributed by atoms with E-state index in [1.165, 1.54) is 0 Å². The molecule has 0 bridgehead atoms. The third-order valence-electron chi connectivity index (χ3n) is 3.62. The summed E-state index contributed by atoms with van der Waals surface area (Å²) in [5.41, 5.74) is 2.24. The third kappa shape index (κ3) is 3.75. The monoisotopic (exact) mass is 356 g/mol. The molecule has 3 aromatic rings. The number of nitrogens with zero attached hydrogens (tertiary/aromatic N) is 1. The summed E-state index contributed by atoms with van der Waals surface area (Å²) in [5, 5.41) is 3.84. The number of aromatic nitrogens is 1. The SMILES string of the molecule is O=C(NC(c1ccccc1)c1ccc(Cl)cc1)c1cccnc1Cl. The maximum atomic E-state index is 12.6. The van der Waals surface area contributed by atoms with Crippen molar-refractivity contribution in [3.8, 4) is 0 Å². The Kier molecular flexibility index (Phi) is 5.14. The Morgan fingerprint density at radius 3 is 2.21 bits per heavy atom. The smallest absolute Gasteiger partial charge is 0.255 e. The molecular weight excluding hydrogens is 343 g/mol. The Labute approximate surface area is 150 Å². The number of carbonyl (C=O) groups excluding carboxylic acids is 1. The van der Waals surface area contributed by atoms with Crippen LogP contribution in [0.5, 0.6) is 0 Å². The molecule has 0 saturated heterocycles. The molecule has 1 heterocycles. The van der Waals surface area contributed by atoms with E-state index < -0.39 is 0 Å². The quantitative estimate of drug-likeness (QED) is 0.675. The molecule has 120 valence electrons. The first kappa shape index (κ1) is 16.5. The number of carbonyl (C=O) groups is 1. The highest BCUT2D eigenvalue weighted by molar-refractivity contribution is 6.32. The predicted octanol–water partition coefficient (Wildman–Crippen LogP) is 4.91. The van der Waals surface area contributed by atoms with E-state index in [1.54, 1.807) is 30.5 Å². The summed E-state index contributed by atoms with van der Waals surface area (Å²) >= 11 is 12.0. The van der Waals surface area contributed by atoms with Crippen LogP contribution in [0, 0.1) is 0 Å². The van der Waals surface area contributed by atoms with Gasteiger partial charge in [-0.3, -0.25) is 4.79 Å². The van der Waals surface area contributed by atoms with Crippen molar-refractivity contribution in [2.45, 2.75) is 6.04 Å². The van der Waals surface area contributed by atoms with E-state index in [-0.39, 0.29) is 17.1 Å². The first-order valence-corrected chi connectivity index (χ1v) is 8.12. The van der Waals surface area contributed by atoms with Crippen molar-refractivity contribution in [2.75, 3.05) is 0 Å². The zero-order chi connectivity index (χ0) is 16.9. The molecule has 1 atom stereocenters. The van der Waals surface area contributed by atoms with Crippen molar-refractivity contribution >= 4 is 29.1 Å². The lowest BCUT2D eigenvalue weighted by Crippen LogP contribution is -2.29. The van der Waals surface area contributed by atoms with Crippen LogP contribution in [0.3, 0.4) is 0 Å². The van der Waals surface area contributed by atoms with Gasteiger partial charge in [-0.25, -0.2) is 4.98 Å². The van der Waals surface area contributed by atoms with E-state index in [9.17, 15) is 4.79 Å². The van der Waals surface area contributed by atoms with Gasteiger partial charge in [0.25, 0.3) is 5.91 Å². The van der Waals surface area contributed by atoms with E-state index in [2.05, 4.69) is 10.3 Å². The van der Waals surface area contributed by atoms with Crippen LogP contribution in [0.4, 0.5) is 0 Å². The first-order chi connectivity index (χ1) is 11.6. The number of nitrogens with one attached hydrogen (secondary N) is 1. The average molecular weight is 357 g/mol. The number of benzene rings is 2. The number of halogens is 2. The number of pyridine rings is 1. The molecule has 1 aromatic heterocycles. The van der Waals surface area contributed by atoms with Crippen LogP contribution < -0.4 is 5.32 Å². The van der Waals surface area contributed by atoms with Crippen LogP contribution in [0.15, 0.2) is 72.9 Å². The number of hydrogen-bond acceptors (Lipinski definition) is 2. The second-order valence-corrected chi connectivity index (χ2v) is 6.00. The molecular formula is C19H14Cl2N2O. The molecule has 0 fully saturated rings. The highest BCUT2D eigenvalue weighted by Crippen LogP contribution is 2.24. The zero-order valence-corrected chi connectivity index (χ0v) is 14.1. The van der Waals surface area contributed by atoms with Gasteiger partial charge < -0.3 is 5.32 Å². The third-order valence-corrected chi connectivity index (χ3v) is 4.17. The van der Waals surface area contributed by atoms with Crippen molar-refractivity contribution in [1.82, 2.24) is 10.3 Å². The van der Waals surface area contributed by atoms with E-state index >= 15 is 0 Å². The minimum absolute atomic E-state index is 0.179. The second kappa shape index (κ2) is 7.47. The molecule has 3 rings (SSSR count). The maximum absolute atomic E-state index is 12.6. The molecule has 0 aliphatic rings. The molecule has 2 aromatic carbocycles. The summed E-state index contributed by atoms with van der Waals surface area (Å²) in [7, 11) is 0. The molecule has 3 nitrogen and oxygen atoms in total. The van der Waals surface area contributed by atoms with Gasteiger partial charge in [0.2, 0.25) is 0 Å². The van der Waals surface area contributed by atoms with Gasteiger partial charge in [0, 0.05) is 11.2 Å². The summed E-state index contributed by atoms with van der Waals surface area (Å²) in [4.78, 5) is 16.6. The number of rotatable bonds is 4. The van der Waals surface area contributed by atoms with Crippen LogP contribution in [-0.2, 0) is 0 Å². The molecule has 0 spiro atoms. The zero-order valence-electron chi connectivity index (χ0n) is 12.6. The van der Waals surface area contributed by atoms with Crippen molar-refractivity contribution in [1.29, 1.82) is 0 Å². The van der Waals surface area contributed by atoms with E-state index in [1.807, 2.05) is 42.5 Å². The van der Waals surface area contributed by atoms with Gasteiger partial charge in [0.1, 0.15) is 5.15 Å². The highest BCUT2D eigenvalue weighted by atomic mass is 35.5. The summed E-state index contributed by atoms with van der Waals surface area (Å²) < 4.78 is 0. The Balaban J connectivity index is 1.95. The van der Waals surface area contributed by atoms with E-state index in [4.69, 9.17) is 23.2 Å². The largest absolute Gasteiger partial charge is 0.341 e. The molecule has 1 N–H and O–H groups in total. The van der Waals surface area contributed by atoms with Gasteiger partial charge >= 0.3 is 0 Å². The van der Waals surface area contributed by atoms with Crippen LogP contribution >= 0.6 is 23.2 Å². The van der Waals surface area contributed by atoms with Crippen LogP contribution in [0.1, 0.15) is 27.5 Å². The van der Waals surface area contributed by atoms with Crippen molar-refractivity contribution in [3.63, 3.8) is 0 Å². The Bertz CT molecular complexity index is 836. The lowest BCUT2D eigenvalue weighted by Gasteiger charge is -2.20. The van der Waals surface area contributed by atoms with Crippen LogP contribution in [-0.4, -0.2) is 10.9 Å². The Morgan fingerprint density at radius 1 is 0.875 bits per heavy atom. The summed E-state index contributed by atoms with van der Waals surface area (Å²) in [6.07, 6.45) is 1.55. The van der Waals surface area contributed by atoms with Gasteiger partial charge in [0.05, 0.1) is 11.6 Å². The van der Waals surface area contributed by atoms with Crippen molar-refractivity contribution in [3.05, 3.63) is 99.8 Å². The van der Waals surface area contributed by atoms with Crippen LogP contribution in [0.2, 0.25) is 10.2 Å². The van der Waals surface area contributed by atoms with Crippen molar-refractivity contribution in [2.24, 2.45) is 0 Å². The maximum Gasteiger partial charge on any atom is 0.255 e. The van der Waals surface area contributed by atoms with E-state index in [0.29, 0.717) is 10.6 Å². The Hall–Kier alpha value is -2.36. The summed E-state index contributed by atoms with van der Waals surface area (Å²) in [6, 6.07) is 20.1. The molecule has 24 heavy (non-hydrogen) atoms. The normalized spacial score (nSPS) is 11.8. The van der Waals surface area contributed by atoms with Crippen LogP contribution in [0.25, 0.3) is 0 Å². The van der Waals surface area contributed by atoms with Gasteiger partial charge in [0.15, 0.2) is 0 Å². The van der Waals surface area contributed by atoms with Gasteiger partial charge in [-0.1, -0.05) is 65.7 Å². The predicted molar refractivity (Wildman–Crippen MR) is 96.5 cm³/mol. The minimum atomic E-state index is -0.313. The number of amides is 1. The minimum Gasteiger partial charge on any atom is -0.341 e. The highest BCUT2D eigenvalue weighted by Gasteiger charge is 2.19. The molecule has 1 unspecified atom stereocenters. The fourth-order valence-corrected chi connectivity index (χ4v) is 2.76. The average Bonchev–Trinajstić information content (AvgIpc) is 2.61. The molecule has 5 heteroatoms. The van der Waals surface area contributed by atoms with Crippen molar-refractivity contribution < 1.29 is 4.79 Å².